The van der Waals surface area contributed by atoms with E-state index < -0.39 is 52.9 Å². The number of anilines is 1. The van der Waals surface area contributed by atoms with E-state index in [1.54, 1.807) is 26.8 Å². The van der Waals surface area contributed by atoms with E-state index in [0.717, 1.165) is 64.2 Å². The van der Waals surface area contributed by atoms with Crippen LogP contribution in [-0.2, 0) is 23.9 Å². The minimum atomic E-state index is -1.19. The zero-order valence-electron chi connectivity index (χ0n) is 26.3. The molecule has 0 spiro atoms. The first-order valence-electron chi connectivity index (χ1n) is 16.3. The van der Waals surface area contributed by atoms with Crippen LogP contribution < -0.4 is 21.5 Å². The molecule has 4 rings (SSSR count). The van der Waals surface area contributed by atoms with Crippen LogP contribution in [-0.4, -0.2) is 51.7 Å². The molecule has 3 aliphatic rings. The predicted octanol–water partition coefficient (Wildman–Crippen LogP) is 4.58. The Labute approximate surface area is 259 Å². The second-order valence-electron chi connectivity index (χ2n) is 13.7. The van der Waals surface area contributed by atoms with E-state index in [9.17, 15) is 28.8 Å². The van der Waals surface area contributed by atoms with Gasteiger partial charge in [-0.25, -0.2) is 4.79 Å². The summed E-state index contributed by atoms with van der Waals surface area (Å²) < 4.78 is 6.60. The number of carbonyl (C=O) groups is 5. The normalized spacial score (nSPS) is 21.0. The molecule has 0 radical (unpaired) electrons. The van der Waals surface area contributed by atoms with Gasteiger partial charge in [0.25, 0.3) is 11.5 Å². The lowest BCUT2D eigenvalue weighted by Gasteiger charge is -2.29. The molecule has 0 aliphatic heterocycles. The molecule has 1 heterocycles. The van der Waals surface area contributed by atoms with Crippen molar-refractivity contribution in [2.45, 2.75) is 134 Å². The first kappa shape index (κ1) is 33.4. The molecule has 3 saturated carbocycles. The average molecular weight is 613 g/mol. The van der Waals surface area contributed by atoms with Gasteiger partial charge < -0.3 is 19.9 Å². The largest absolute Gasteiger partial charge is 0.444 e. The summed E-state index contributed by atoms with van der Waals surface area (Å²) >= 11 is 0. The zero-order valence-corrected chi connectivity index (χ0v) is 26.3. The molecular weight excluding hydrogens is 564 g/mol. The van der Waals surface area contributed by atoms with Gasteiger partial charge in [0, 0.05) is 24.6 Å². The average Bonchev–Trinajstić information content (AvgIpc) is 3.80. The van der Waals surface area contributed by atoms with Crippen molar-refractivity contribution < 1.29 is 28.7 Å². The van der Waals surface area contributed by atoms with Crippen LogP contribution in [0, 0.1) is 11.8 Å². The monoisotopic (exact) mass is 612 g/mol. The molecule has 3 amide bonds. The number of nitrogens with one attached hydrogen (secondary N) is 3. The third kappa shape index (κ3) is 9.75. The summed E-state index contributed by atoms with van der Waals surface area (Å²) in [7, 11) is 0. The standard InChI is InChI=1S/C33H48N4O7/c1-33(2,3)44-32(43)36-24-14-10-18-37(31(24)42)26(19-21-11-6-4-7-12-21)29(40)35-25(28(39)30(41)34-23-16-17-23)20-22-13-8-5-9-15-27(22)38/h10,14,18,21-23,25-26H,4-9,11-13,15-17,19-20H2,1-3H3,(H,34,41)(H,35,40)(H,36,43)/t22-,25-,26-/m0/s1. The molecule has 3 aliphatic carbocycles. The molecule has 1 aromatic rings. The van der Waals surface area contributed by atoms with Gasteiger partial charge in [0.05, 0.1) is 6.04 Å². The van der Waals surface area contributed by atoms with Crippen LogP contribution in [0.25, 0.3) is 0 Å². The smallest absolute Gasteiger partial charge is 0.412 e. The molecule has 3 fully saturated rings. The Balaban J connectivity index is 1.61. The van der Waals surface area contributed by atoms with E-state index in [1.807, 2.05) is 0 Å². The van der Waals surface area contributed by atoms with Crippen LogP contribution >= 0.6 is 0 Å². The fraction of sp³-hybridized carbons (Fsp3) is 0.697. The highest BCUT2D eigenvalue weighted by molar-refractivity contribution is 6.38. The van der Waals surface area contributed by atoms with Crippen molar-refractivity contribution in [2.75, 3.05) is 5.32 Å². The quantitative estimate of drug-likeness (QED) is 0.244. The Hall–Kier alpha value is -3.50. The number of hydrogen-bond acceptors (Lipinski definition) is 7. The summed E-state index contributed by atoms with van der Waals surface area (Å²) in [6.07, 6.45) is 11.3. The van der Waals surface area contributed by atoms with Gasteiger partial charge in [0.15, 0.2) is 0 Å². The number of hydrogen-bond donors (Lipinski definition) is 3. The molecule has 1 aromatic heterocycles. The molecule has 242 valence electrons. The highest BCUT2D eigenvalue weighted by Crippen LogP contribution is 2.31. The van der Waals surface area contributed by atoms with Gasteiger partial charge in [-0.05, 0) is 77.3 Å². The number of nitrogens with zero attached hydrogens (tertiary/aromatic N) is 1. The van der Waals surface area contributed by atoms with Crippen LogP contribution in [0.4, 0.5) is 10.5 Å². The zero-order chi connectivity index (χ0) is 31.9. The van der Waals surface area contributed by atoms with Gasteiger partial charge >= 0.3 is 6.09 Å². The van der Waals surface area contributed by atoms with Gasteiger partial charge in [-0.1, -0.05) is 44.9 Å². The number of ether oxygens (including phenoxy) is 1. The fourth-order valence-electron chi connectivity index (χ4n) is 6.26. The van der Waals surface area contributed by atoms with Crippen LogP contribution in [0.1, 0.15) is 117 Å². The topological polar surface area (TPSA) is 153 Å². The number of rotatable bonds is 11. The van der Waals surface area contributed by atoms with E-state index in [2.05, 4.69) is 16.0 Å². The van der Waals surface area contributed by atoms with Gasteiger partial charge in [0.1, 0.15) is 23.1 Å². The minimum absolute atomic E-state index is 0.0383. The second kappa shape index (κ2) is 15.0. The van der Waals surface area contributed by atoms with Gasteiger partial charge in [-0.3, -0.25) is 29.3 Å². The predicted molar refractivity (Wildman–Crippen MR) is 165 cm³/mol. The first-order chi connectivity index (χ1) is 20.9. The van der Waals surface area contributed by atoms with Crippen molar-refractivity contribution in [1.82, 2.24) is 15.2 Å². The summed E-state index contributed by atoms with van der Waals surface area (Å²) in [6.45, 7) is 5.14. The molecule has 44 heavy (non-hydrogen) atoms. The highest BCUT2D eigenvalue weighted by Gasteiger charge is 2.37. The highest BCUT2D eigenvalue weighted by atomic mass is 16.6. The summed E-state index contributed by atoms with van der Waals surface area (Å²) in [5, 5.41) is 8.02. The minimum Gasteiger partial charge on any atom is -0.444 e. The molecule has 0 aromatic carbocycles. The Morgan fingerprint density at radius 2 is 1.61 bits per heavy atom. The molecule has 0 bridgehead atoms. The number of carbonyl (C=O) groups excluding carboxylic acids is 5. The fourth-order valence-corrected chi connectivity index (χ4v) is 6.26. The Morgan fingerprint density at radius 3 is 2.30 bits per heavy atom. The number of Topliss-reactive ketones (excluding diaryl/α,β-unsaturated/α-hetero) is 2. The van der Waals surface area contributed by atoms with Gasteiger partial charge in [-0.2, -0.15) is 0 Å². The van der Waals surface area contributed by atoms with Gasteiger partial charge in [0.2, 0.25) is 11.7 Å². The van der Waals surface area contributed by atoms with E-state index in [1.165, 1.54) is 16.8 Å². The summed E-state index contributed by atoms with van der Waals surface area (Å²) in [6, 6.07) is 0.800. The summed E-state index contributed by atoms with van der Waals surface area (Å²) in [5.41, 5.74) is -1.39. The molecule has 11 nitrogen and oxygen atoms in total. The van der Waals surface area contributed by atoms with Crippen LogP contribution in [0.5, 0.6) is 0 Å². The lowest BCUT2D eigenvalue weighted by atomic mass is 9.84. The SMILES string of the molecule is CC(C)(C)OC(=O)Nc1cccn([C@@H](CC2CCCCC2)C(=O)N[C@@H](C[C@@H]2CCCCCC2=O)C(=O)C(=O)NC2CC2)c1=O. The van der Waals surface area contributed by atoms with Crippen LogP contribution in [0.3, 0.4) is 0 Å². The van der Waals surface area contributed by atoms with E-state index in [-0.39, 0.29) is 29.9 Å². The lowest BCUT2D eigenvalue weighted by molar-refractivity contribution is -0.141. The number of aromatic nitrogens is 1. The number of ketones is 2. The van der Waals surface area contributed by atoms with Crippen molar-refractivity contribution in [3.63, 3.8) is 0 Å². The second-order valence-corrected chi connectivity index (χ2v) is 13.7. The molecule has 0 saturated heterocycles. The lowest BCUT2D eigenvalue weighted by Crippen LogP contribution is -2.51. The maximum absolute atomic E-state index is 14.1. The van der Waals surface area contributed by atoms with E-state index in [0.29, 0.717) is 19.3 Å². The summed E-state index contributed by atoms with van der Waals surface area (Å²) in [5.74, 6) is -2.29. The van der Waals surface area contributed by atoms with E-state index in [4.69, 9.17) is 4.74 Å². The first-order valence-corrected chi connectivity index (χ1v) is 16.3. The van der Waals surface area contributed by atoms with Crippen molar-refractivity contribution in [2.24, 2.45) is 11.8 Å². The maximum Gasteiger partial charge on any atom is 0.412 e. The number of pyridine rings is 1. The van der Waals surface area contributed by atoms with Crippen molar-refractivity contribution in [3.8, 4) is 0 Å². The maximum atomic E-state index is 14.1. The van der Waals surface area contributed by atoms with Crippen molar-refractivity contribution >= 4 is 35.2 Å². The number of amides is 3. The molecule has 11 heteroatoms. The molecule has 3 N–H and O–H groups in total. The third-order valence-electron chi connectivity index (χ3n) is 8.75. The third-order valence-corrected chi connectivity index (χ3v) is 8.75. The van der Waals surface area contributed by atoms with E-state index >= 15 is 0 Å². The van der Waals surface area contributed by atoms with Crippen LogP contribution in [0.15, 0.2) is 23.1 Å². The van der Waals surface area contributed by atoms with Crippen molar-refractivity contribution in [3.05, 3.63) is 28.7 Å². The Bertz CT molecular complexity index is 1270. The Morgan fingerprint density at radius 1 is 0.932 bits per heavy atom. The molecule has 3 atom stereocenters. The molecule has 0 unspecified atom stereocenters. The van der Waals surface area contributed by atoms with Crippen molar-refractivity contribution in [1.29, 1.82) is 0 Å². The van der Waals surface area contributed by atoms with Crippen LogP contribution in [0.2, 0.25) is 0 Å². The molecular formula is C33H48N4O7. The Kier molecular flexibility index (Phi) is 11.4. The van der Waals surface area contributed by atoms with Gasteiger partial charge in [-0.15, -0.1) is 0 Å². The summed E-state index contributed by atoms with van der Waals surface area (Å²) in [4.78, 5) is 79.4.